The Morgan fingerprint density at radius 2 is 0.731 bits per heavy atom. The second-order valence-electron chi connectivity index (χ2n) is 51.0. The monoisotopic (exact) mass is 1790 g/mol. The molecular formula is C125H134B2N4OS2. The number of thiophene rings is 2. The number of aryl methyl sites for hydroxylation is 2. The largest absolute Gasteiger partial charge is 0.456 e. The summed E-state index contributed by atoms with van der Waals surface area (Å²) in [5.74, 6) is 0. The van der Waals surface area contributed by atoms with E-state index < -0.39 is 0 Å². The van der Waals surface area contributed by atoms with Gasteiger partial charge in [-0.2, -0.15) is 0 Å². The van der Waals surface area contributed by atoms with E-state index in [0.717, 1.165) is 59.7 Å². The smallest absolute Gasteiger partial charge is 0.264 e. The number of nitrogens with zero attached hydrogens (tertiary/aromatic N) is 4. The molecule has 9 heteroatoms. The van der Waals surface area contributed by atoms with Crippen LogP contribution in [-0.4, -0.2) is 13.4 Å². The van der Waals surface area contributed by atoms with Crippen LogP contribution in [0.5, 0.6) is 0 Å². The maximum absolute atomic E-state index is 7.64. The molecule has 24 rings (SSSR count). The standard InChI is InChI=1S/C125H134B2N4OS2/c1-71-59-98-107-100(61-71)130(96-38-31-36-84-105(96)77-33-28-29-35-81(77)125(84,26)27)95-48-42-74(64-93(95)127(107)113-110(80-68-89-91(70-104(80)134-113)124(24,25)58-56-122(89,20)21)128(98)75-43-45-82-86(65-75)119(14,15)53-51-116(82,8)9)115(6,7)49-50-118(12,13)85-37-30-34-78-106-97(39-32-40-102(106)132-111(78)85)131-94-47-41-73(114(3,4)5)63-92(94)126-108-99(60-72(2)62-101(108)131)129(76-44-46-83-87(66-76)120(16,17)54-52-117(83,10)11)109-79-67-88-90(69-103(79)133-112(109)126)123(22,23)57-55-121(88,18)19/h28-48,59-70H,49-58H2,1-27H3. The van der Waals surface area contributed by atoms with Crippen LogP contribution in [0, 0.1) is 13.8 Å². The predicted molar refractivity (Wildman–Crippen MR) is 581 cm³/mol. The summed E-state index contributed by atoms with van der Waals surface area (Å²) in [7, 11) is 0. The minimum absolute atomic E-state index is 0.0109. The van der Waals surface area contributed by atoms with E-state index in [9.17, 15) is 0 Å². The molecule has 7 heterocycles. The van der Waals surface area contributed by atoms with E-state index in [1.807, 2.05) is 0 Å². The summed E-state index contributed by atoms with van der Waals surface area (Å²) in [4.78, 5) is 11.0. The van der Waals surface area contributed by atoms with Gasteiger partial charge in [0.2, 0.25) is 0 Å². The number of hydrogen-bond acceptors (Lipinski definition) is 7. The zero-order chi connectivity index (χ0) is 93.8. The summed E-state index contributed by atoms with van der Waals surface area (Å²) in [5, 5.41) is 5.07. The summed E-state index contributed by atoms with van der Waals surface area (Å²) in [6.45, 7) is 66.7. The van der Waals surface area contributed by atoms with Crippen LogP contribution in [0.3, 0.4) is 0 Å². The minimum atomic E-state index is -0.316. The second kappa shape index (κ2) is 28.0. The van der Waals surface area contributed by atoms with Gasteiger partial charge >= 0.3 is 0 Å². The Morgan fingerprint density at radius 3 is 1.22 bits per heavy atom. The van der Waals surface area contributed by atoms with Gasteiger partial charge in [0.05, 0.1) is 28.1 Å². The Labute approximate surface area is 806 Å². The Morgan fingerprint density at radius 1 is 0.328 bits per heavy atom. The maximum Gasteiger partial charge on any atom is 0.264 e. The van der Waals surface area contributed by atoms with Gasteiger partial charge in [-0.3, -0.25) is 0 Å². The summed E-state index contributed by atoms with van der Waals surface area (Å²) >= 11 is 4.14. The minimum Gasteiger partial charge on any atom is -0.456 e. The molecule has 3 aromatic heterocycles. The van der Waals surface area contributed by atoms with Gasteiger partial charge in [0.25, 0.3) is 13.4 Å². The molecule has 0 unspecified atom stereocenters. The maximum atomic E-state index is 7.64. The van der Waals surface area contributed by atoms with Crippen molar-refractivity contribution in [3.05, 3.63) is 284 Å². The molecule has 5 nitrogen and oxygen atoms in total. The van der Waals surface area contributed by atoms with Gasteiger partial charge in [-0.15, -0.1) is 22.7 Å². The second-order valence-corrected chi connectivity index (χ2v) is 53.1. The molecule has 0 bridgehead atoms. The number of para-hydroxylation sites is 1. The van der Waals surface area contributed by atoms with Crippen LogP contribution in [0.2, 0.25) is 0 Å². The third-order valence-corrected chi connectivity index (χ3v) is 38.5. The lowest BCUT2D eigenvalue weighted by atomic mass is 9.36. The molecule has 4 aliphatic heterocycles. The molecule has 0 N–H and O–H groups in total. The van der Waals surface area contributed by atoms with E-state index in [1.54, 1.807) is 0 Å². The number of fused-ring (bicyclic) bond motifs is 22. The summed E-state index contributed by atoms with van der Waals surface area (Å²) in [5.41, 5.74) is 46.0. The van der Waals surface area contributed by atoms with Crippen molar-refractivity contribution in [2.75, 3.05) is 19.6 Å². The Balaban J connectivity index is 0.656. The predicted octanol–water partition coefficient (Wildman–Crippen LogP) is 31.8. The van der Waals surface area contributed by atoms with Gasteiger partial charge < -0.3 is 24.0 Å². The first-order valence-corrected chi connectivity index (χ1v) is 52.2. The zero-order valence-electron chi connectivity index (χ0n) is 84.8. The molecule has 12 aromatic carbocycles. The molecule has 0 saturated heterocycles. The van der Waals surface area contributed by atoms with E-state index in [-0.39, 0.29) is 78.4 Å². The van der Waals surface area contributed by atoms with Crippen LogP contribution in [0.15, 0.2) is 205 Å². The highest BCUT2D eigenvalue weighted by atomic mass is 32.1. The molecule has 134 heavy (non-hydrogen) atoms. The quantitative estimate of drug-likeness (QED) is 0.134. The van der Waals surface area contributed by atoms with Crippen molar-refractivity contribution in [1.29, 1.82) is 0 Å². The average molecular weight is 1790 g/mol. The number of benzene rings is 12. The lowest BCUT2D eigenvalue weighted by Gasteiger charge is -2.45. The van der Waals surface area contributed by atoms with Crippen LogP contribution < -0.4 is 51.0 Å². The van der Waals surface area contributed by atoms with Gasteiger partial charge in [0.1, 0.15) is 11.2 Å². The van der Waals surface area contributed by atoms with Crippen molar-refractivity contribution in [2.45, 2.75) is 316 Å². The van der Waals surface area contributed by atoms with Crippen molar-refractivity contribution in [1.82, 2.24) is 0 Å². The highest BCUT2D eigenvalue weighted by molar-refractivity contribution is 7.34. The number of rotatable bonds is 9. The normalized spacial score (nSPS) is 19.3. The van der Waals surface area contributed by atoms with E-state index in [2.05, 4.69) is 429 Å². The van der Waals surface area contributed by atoms with Gasteiger partial charge in [0.15, 0.2) is 0 Å². The van der Waals surface area contributed by atoms with Crippen LogP contribution in [0.4, 0.5) is 68.2 Å². The van der Waals surface area contributed by atoms with Gasteiger partial charge in [0, 0.05) is 97.2 Å². The molecule has 9 aliphatic rings. The summed E-state index contributed by atoms with van der Waals surface area (Å²) < 4.78 is 13.3. The van der Waals surface area contributed by atoms with Crippen LogP contribution in [-0.2, 0) is 65.0 Å². The van der Waals surface area contributed by atoms with Crippen molar-refractivity contribution in [2.24, 2.45) is 0 Å². The summed E-state index contributed by atoms with van der Waals surface area (Å²) in [6, 6.07) is 82.1. The van der Waals surface area contributed by atoms with Crippen molar-refractivity contribution < 1.29 is 4.42 Å². The van der Waals surface area contributed by atoms with Crippen molar-refractivity contribution in [3.8, 4) is 11.1 Å². The Kier molecular flexibility index (Phi) is 18.1. The molecule has 0 radical (unpaired) electrons. The molecule has 0 amide bonds. The van der Waals surface area contributed by atoms with E-state index in [0.29, 0.717) is 0 Å². The Bertz CT molecular complexity index is 7670. The van der Waals surface area contributed by atoms with E-state index in [4.69, 9.17) is 4.42 Å². The highest BCUT2D eigenvalue weighted by Crippen LogP contribution is 2.62. The lowest BCUT2D eigenvalue weighted by Crippen LogP contribution is -2.60. The molecule has 15 aromatic rings. The molecule has 0 atom stereocenters. The summed E-state index contributed by atoms with van der Waals surface area (Å²) in [6.07, 6.45) is 11.2. The third kappa shape index (κ3) is 12.3. The molecular weight excluding hydrogens is 1660 g/mol. The van der Waals surface area contributed by atoms with Crippen molar-refractivity contribution >= 4 is 178 Å². The first-order chi connectivity index (χ1) is 63.1. The average Bonchev–Trinajstić information content (AvgIpc) is 1.45. The number of anilines is 12. The van der Waals surface area contributed by atoms with Crippen LogP contribution >= 0.6 is 22.7 Å². The number of furan rings is 1. The zero-order valence-corrected chi connectivity index (χ0v) is 86.4. The Hall–Kier alpha value is -10.3. The van der Waals surface area contributed by atoms with Crippen LogP contribution in [0.1, 0.15) is 321 Å². The molecule has 0 spiro atoms. The highest BCUT2D eigenvalue weighted by Gasteiger charge is 2.53. The molecule has 0 fully saturated rings. The first-order valence-electron chi connectivity index (χ1n) is 50.6. The molecule has 0 saturated carbocycles. The van der Waals surface area contributed by atoms with Gasteiger partial charge in [-0.25, -0.2) is 0 Å². The first kappa shape index (κ1) is 86.5. The molecule has 5 aliphatic carbocycles. The van der Waals surface area contributed by atoms with E-state index >= 15 is 0 Å². The van der Waals surface area contributed by atoms with Gasteiger partial charge in [-0.05, 0) is 346 Å². The van der Waals surface area contributed by atoms with Gasteiger partial charge in [-0.1, -0.05) is 270 Å². The molecule has 678 valence electrons. The fourth-order valence-electron chi connectivity index (χ4n) is 27.1. The van der Waals surface area contributed by atoms with E-state index in [1.165, 1.54) is 241 Å². The number of hydrogen-bond donors (Lipinski definition) is 0. The third-order valence-electron chi connectivity index (χ3n) is 36.1. The van der Waals surface area contributed by atoms with Crippen LogP contribution in [0.25, 0.3) is 53.2 Å². The topological polar surface area (TPSA) is 26.1 Å². The SMILES string of the molecule is Cc1cc2c3c(c1)N(c1ccc4c(c1)C(C)(C)CCC4(C)C)c1c(sc4cc5c(cc14)C(C)(C)CCC5(C)C)B3c1cc(C(C)(C)CCC(C)(C)c3cccc4c3oc3cccc(N5c6ccc(C(C)(C)C)cc6B6c7sc8cc9c(cc8c7N(c7ccc8c(c7)C(C)(C)CCC8(C)C)c7cc(C)cc5c76)C(C)(C)CCC9(C)C)c34)ccc1N2c1cccc2c1-c1ccccc1C2(C)C. The fourth-order valence-corrected chi connectivity index (χ4v) is 29.8. The fraction of sp³-hybridized carbons (Fsp3) is 0.392. The van der Waals surface area contributed by atoms with Crippen molar-refractivity contribution in [3.63, 3.8) is 0 Å². The lowest BCUT2D eigenvalue weighted by molar-refractivity contribution is 0.332.